The molecule has 8 heteroatoms. The van der Waals surface area contributed by atoms with Crippen LogP contribution in [0.1, 0.15) is 19.5 Å². The van der Waals surface area contributed by atoms with Gasteiger partial charge in [0.1, 0.15) is 5.82 Å². The van der Waals surface area contributed by atoms with Crippen LogP contribution in [0.3, 0.4) is 0 Å². The second kappa shape index (κ2) is 4.36. The van der Waals surface area contributed by atoms with Crippen LogP contribution in [0.5, 0.6) is 0 Å². The van der Waals surface area contributed by atoms with Crippen molar-refractivity contribution in [1.82, 2.24) is 9.97 Å². The molecule has 4 N–H and O–H groups in total. The van der Waals surface area contributed by atoms with E-state index in [1.807, 2.05) is 0 Å². The molecule has 96 valence electrons. The van der Waals surface area contributed by atoms with Crippen LogP contribution in [0.25, 0.3) is 0 Å². The monoisotopic (exact) mass is 250 g/mol. The number of aromatic nitrogens is 2. The highest BCUT2D eigenvalue weighted by Crippen LogP contribution is 2.29. The van der Waals surface area contributed by atoms with Crippen molar-refractivity contribution in [1.29, 1.82) is 0 Å². The number of rotatable bonds is 3. The molecule has 0 atom stereocenters. The number of aliphatic hydroxyl groups is 1. The standard InChI is InChI=1S/C9H13F3N4O/c1-8(2,4-17)16-6-3-5(9(10,11)12)14-7(13)15-6/h3,17H,4H2,1-2H3,(H3,13,14,15,16). The molecule has 17 heavy (non-hydrogen) atoms. The summed E-state index contributed by atoms with van der Waals surface area (Å²) in [4.78, 5) is 6.73. The van der Waals surface area contributed by atoms with E-state index in [1.165, 1.54) is 0 Å². The Morgan fingerprint density at radius 2 is 1.94 bits per heavy atom. The van der Waals surface area contributed by atoms with Gasteiger partial charge in [-0.05, 0) is 13.8 Å². The van der Waals surface area contributed by atoms with Crippen molar-refractivity contribution in [3.63, 3.8) is 0 Å². The number of nitrogens with two attached hydrogens (primary N) is 1. The summed E-state index contributed by atoms with van der Waals surface area (Å²) in [7, 11) is 0. The van der Waals surface area contributed by atoms with E-state index in [1.54, 1.807) is 13.8 Å². The molecule has 0 radical (unpaired) electrons. The fourth-order valence-corrected chi connectivity index (χ4v) is 1.06. The van der Waals surface area contributed by atoms with Gasteiger partial charge in [0.2, 0.25) is 5.95 Å². The largest absolute Gasteiger partial charge is 0.433 e. The Hall–Kier alpha value is -1.57. The minimum Gasteiger partial charge on any atom is -0.394 e. The summed E-state index contributed by atoms with van der Waals surface area (Å²) in [6.45, 7) is 2.95. The SMILES string of the molecule is CC(C)(CO)Nc1cc(C(F)(F)F)nc(N)n1. The van der Waals surface area contributed by atoms with E-state index in [4.69, 9.17) is 10.8 Å². The predicted octanol–water partition coefficient (Wildman–Crippen LogP) is 1.26. The molecule has 1 rings (SSSR count). The third-order valence-corrected chi connectivity index (χ3v) is 1.90. The molecule has 0 aliphatic heterocycles. The molecule has 0 aliphatic carbocycles. The maximum Gasteiger partial charge on any atom is 0.433 e. The van der Waals surface area contributed by atoms with Gasteiger partial charge in [-0.2, -0.15) is 18.2 Å². The second-order valence-electron chi connectivity index (χ2n) is 4.16. The van der Waals surface area contributed by atoms with Crippen molar-refractivity contribution >= 4 is 11.8 Å². The van der Waals surface area contributed by atoms with Crippen molar-refractivity contribution in [2.24, 2.45) is 0 Å². The molecular weight excluding hydrogens is 237 g/mol. The summed E-state index contributed by atoms with van der Waals surface area (Å²) in [5, 5.41) is 11.6. The van der Waals surface area contributed by atoms with Gasteiger partial charge in [0, 0.05) is 6.07 Å². The van der Waals surface area contributed by atoms with Gasteiger partial charge in [0.15, 0.2) is 5.69 Å². The number of nitrogens with zero attached hydrogens (tertiary/aromatic N) is 2. The second-order valence-corrected chi connectivity index (χ2v) is 4.16. The molecule has 0 saturated heterocycles. The van der Waals surface area contributed by atoms with Crippen LogP contribution in [0.2, 0.25) is 0 Å². The normalized spacial score (nSPS) is 12.6. The lowest BCUT2D eigenvalue weighted by Gasteiger charge is -2.24. The van der Waals surface area contributed by atoms with E-state index in [0.29, 0.717) is 0 Å². The van der Waals surface area contributed by atoms with Gasteiger partial charge in [-0.15, -0.1) is 0 Å². The Bertz CT molecular complexity index is 406. The van der Waals surface area contributed by atoms with E-state index in [2.05, 4.69) is 15.3 Å². The van der Waals surface area contributed by atoms with Crippen LogP contribution in [0.15, 0.2) is 6.07 Å². The zero-order valence-electron chi connectivity index (χ0n) is 9.34. The summed E-state index contributed by atoms with van der Waals surface area (Å²) < 4.78 is 37.3. The number of anilines is 2. The third-order valence-electron chi connectivity index (χ3n) is 1.90. The van der Waals surface area contributed by atoms with Gasteiger partial charge < -0.3 is 16.2 Å². The number of hydrogen-bond acceptors (Lipinski definition) is 5. The lowest BCUT2D eigenvalue weighted by Crippen LogP contribution is -2.35. The first kappa shape index (κ1) is 13.5. The topological polar surface area (TPSA) is 84.1 Å². The number of hydrogen-bond donors (Lipinski definition) is 3. The molecule has 0 aromatic carbocycles. The minimum atomic E-state index is -4.59. The average molecular weight is 250 g/mol. The summed E-state index contributed by atoms with van der Waals surface area (Å²) in [6, 6.07) is 0.744. The zero-order valence-corrected chi connectivity index (χ0v) is 9.34. The van der Waals surface area contributed by atoms with Crippen molar-refractivity contribution in [2.45, 2.75) is 25.6 Å². The van der Waals surface area contributed by atoms with Crippen molar-refractivity contribution in [2.75, 3.05) is 17.7 Å². The number of alkyl halides is 3. The van der Waals surface area contributed by atoms with E-state index in [9.17, 15) is 13.2 Å². The average Bonchev–Trinajstić information content (AvgIpc) is 2.14. The lowest BCUT2D eigenvalue weighted by atomic mass is 10.1. The molecule has 0 saturated carbocycles. The highest BCUT2D eigenvalue weighted by Gasteiger charge is 2.34. The summed E-state index contributed by atoms with van der Waals surface area (Å²) in [5.74, 6) is -0.556. The Balaban J connectivity index is 3.06. The fraction of sp³-hybridized carbons (Fsp3) is 0.556. The predicted molar refractivity (Wildman–Crippen MR) is 56.2 cm³/mol. The number of halogens is 3. The van der Waals surface area contributed by atoms with Crippen LogP contribution < -0.4 is 11.1 Å². The van der Waals surface area contributed by atoms with Crippen molar-refractivity contribution in [3.05, 3.63) is 11.8 Å². The van der Waals surface area contributed by atoms with Gasteiger partial charge in [0.05, 0.1) is 12.1 Å². The van der Waals surface area contributed by atoms with Crippen LogP contribution in [0.4, 0.5) is 24.9 Å². The van der Waals surface area contributed by atoms with Crippen molar-refractivity contribution < 1.29 is 18.3 Å². The lowest BCUT2D eigenvalue weighted by molar-refractivity contribution is -0.141. The molecular formula is C9H13F3N4O. The number of nitrogen functional groups attached to an aromatic ring is 1. The van der Waals surface area contributed by atoms with Crippen LogP contribution in [0, 0.1) is 0 Å². The Morgan fingerprint density at radius 3 is 2.41 bits per heavy atom. The van der Waals surface area contributed by atoms with Crippen LogP contribution in [-0.2, 0) is 6.18 Å². The maximum atomic E-state index is 12.4. The maximum absolute atomic E-state index is 12.4. The Kier molecular flexibility index (Phi) is 3.46. The zero-order chi connectivity index (χ0) is 13.3. The molecule has 0 bridgehead atoms. The van der Waals surface area contributed by atoms with Gasteiger partial charge in [-0.3, -0.25) is 0 Å². The highest BCUT2D eigenvalue weighted by atomic mass is 19.4. The first-order valence-corrected chi connectivity index (χ1v) is 4.75. The van der Waals surface area contributed by atoms with E-state index in [-0.39, 0.29) is 12.4 Å². The molecule has 0 spiro atoms. The van der Waals surface area contributed by atoms with Gasteiger partial charge in [0.25, 0.3) is 0 Å². The molecule has 1 aromatic heterocycles. The van der Waals surface area contributed by atoms with Gasteiger partial charge in [-0.25, -0.2) is 4.98 Å². The number of aliphatic hydroxyl groups excluding tert-OH is 1. The molecule has 0 aliphatic rings. The van der Waals surface area contributed by atoms with Crippen LogP contribution in [-0.4, -0.2) is 27.2 Å². The molecule has 0 fully saturated rings. The van der Waals surface area contributed by atoms with E-state index < -0.39 is 23.4 Å². The summed E-state index contributed by atoms with van der Waals surface area (Å²) in [5.41, 5.74) is 3.27. The molecule has 1 heterocycles. The van der Waals surface area contributed by atoms with Crippen molar-refractivity contribution in [3.8, 4) is 0 Å². The molecule has 0 amide bonds. The Morgan fingerprint density at radius 1 is 1.35 bits per heavy atom. The third kappa shape index (κ3) is 3.74. The first-order chi connectivity index (χ1) is 7.64. The smallest absolute Gasteiger partial charge is 0.394 e. The quantitative estimate of drug-likeness (QED) is 0.752. The van der Waals surface area contributed by atoms with Gasteiger partial charge >= 0.3 is 6.18 Å². The minimum absolute atomic E-state index is 0.0797. The Labute approximate surface area is 95.9 Å². The van der Waals surface area contributed by atoms with E-state index in [0.717, 1.165) is 6.07 Å². The van der Waals surface area contributed by atoms with Gasteiger partial charge in [-0.1, -0.05) is 0 Å². The molecule has 5 nitrogen and oxygen atoms in total. The first-order valence-electron chi connectivity index (χ1n) is 4.75. The summed E-state index contributed by atoms with van der Waals surface area (Å²) >= 11 is 0. The van der Waals surface area contributed by atoms with Crippen LogP contribution >= 0.6 is 0 Å². The summed E-state index contributed by atoms with van der Waals surface area (Å²) in [6.07, 6.45) is -4.59. The fourth-order valence-electron chi connectivity index (χ4n) is 1.06. The highest BCUT2D eigenvalue weighted by molar-refractivity contribution is 5.43. The molecule has 0 unspecified atom stereocenters. The van der Waals surface area contributed by atoms with E-state index >= 15 is 0 Å². The molecule has 1 aromatic rings. The number of nitrogens with one attached hydrogen (secondary N) is 1.